The van der Waals surface area contributed by atoms with Gasteiger partial charge in [-0.15, -0.1) is 0 Å². The second-order valence-electron chi connectivity index (χ2n) is 11.9. The molecule has 0 saturated carbocycles. The van der Waals surface area contributed by atoms with Gasteiger partial charge >= 0.3 is 5.69 Å². The van der Waals surface area contributed by atoms with Gasteiger partial charge in [0, 0.05) is 42.3 Å². The molecule has 5 aromatic rings. The number of nitrogens with one attached hydrogen (secondary N) is 1. The molecule has 1 amide bonds. The Morgan fingerprint density at radius 1 is 1.20 bits per heavy atom. The van der Waals surface area contributed by atoms with E-state index in [2.05, 4.69) is 26.7 Å². The fourth-order valence-electron chi connectivity index (χ4n) is 6.66. The third-order valence-corrected chi connectivity index (χ3v) is 9.19. The molecule has 230 valence electrons. The van der Waals surface area contributed by atoms with Gasteiger partial charge in [-0.25, -0.2) is 9.18 Å². The lowest BCUT2D eigenvalue weighted by Crippen LogP contribution is -2.56. The second-order valence-corrected chi connectivity index (χ2v) is 12.2. The number of aromatic amines is 1. The Hall–Kier alpha value is -4.77. The lowest BCUT2D eigenvalue weighted by Gasteiger charge is -2.40. The van der Waals surface area contributed by atoms with Gasteiger partial charge in [0.15, 0.2) is 11.6 Å². The van der Waals surface area contributed by atoms with Crippen LogP contribution in [0.15, 0.2) is 48.0 Å². The number of halogens is 2. The highest BCUT2D eigenvalue weighted by molar-refractivity contribution is 6.39. The van der Waals surface area contributed by atoms with Crippen molar-refractivity contribution in [3.8, 4) is 22.6 Å². The van der Waals surface area contributed by atoms with Crippen LogP contribution < -0.4 is 15.3 Å². The normalized spacial score (nSPS) is 16.2. The predicted octanol–water partition coefficient (Wildman–Crippen LogP) is 5.45. The molecule has 1 N–H and O–H groups in total. The molecule has 5 heterocycles. The molecule has 45 heavy (non-hydrogen) atoms. The zero-order valence-electron chi connectivity index (χ0n) is 25.3. The maximum atomic E-state index is 17.2. The molecule has 7 rings (SSSR count). The van der Waals surface area contributed by atoms with Crippen molar-refractivity contribution >= 4 is 45.1 Å². The summed E-state index contributed by atoms with van der Waals surface area (Å²) in [6, 6.07) is 5.17. The zero-order valence-corrected chi connectivity index (χ0v) is 26.1. The number of hydrogen-bond donors (Lipinski definition) is 1. The van der Waals surface area contributed by atoms with Crippen molar-refractivity contribution in [3.05, 3.63) is 81.4 Å². The summed E-state index contributed by atoms with van der Waals surface area (Å²) in [6.45, 7) is 12.4. The molecule has 2 aliphatic heterocycles. The summed E-state index contributed by atoms with van der Waals surface area (Å²) >= 11 is 7.35. The predicted molar refractivity (Wildman–Crippen MR) is 172 cm³/mol. The van der Waals surface area contributed by atoms with Crippen LogP contribution in [0.2, 0.25) is 5.02 Å². The minimum Gasteiger partial charge on any atom is -0.487 e. The Morgan fingerprint density at radius 2 is 2.00 bits per heavy atom. The molecule has 0 bridgehead atoms. The molecule has 1 unspecified atom stereocenters. The monoisotopic (exact) mass is 627 g/mol. The van der Waals surface area contributed by atoms with Crippen molar-refractivity contribution in [2.45, 2.75) is 39.7 Å². The Morgan fingerprint density at radius 3 is 2.76 bits per heavy atom. The van der Waals surface area contributed by atoms with Gasteiger partial charge in [-0.05, 0) is 49.1 Å². The standard InChI is InChI=1S/C33H31ClFN7O3/c1-6-22(43)40-11-12-41-19(14-40)15-45-31-25-30(26(34)24(27(31)35)23-17(4)7-8-21-20(23)13-37-39-21)42(33(44)38-32(25)41)29-18(5)9-10-36-28(29)16(2)3/h6-10,13,16,19H,1,11-12,14-15H2,2-5H3,(H,37,39). The zero-order chi connectivity index (χ0) is 31.7. The number of nitrogens with zero attached hydrogens (tertiary/aromatic N) is 6. The maximum absolute atomic E-state index is 17.2. The number of aryl methyl sites for hydroxylation is 2. The molecule has 1 fully saturated rings. The average molecular weight is 628 g/mol. The maximum Gasteiger partial charge on any atom is 0.354 e. The highest BCUT2D eigenvalue weighted by atomic mass is 35.5. The van der Waals surface area contributed by atoms with Crippen LogP contribution in [0.4, 0.5) is 10.2 Å². The van der Waals surface area contributed by atoms with Crippen LogP contribution in [0.25, 0.3) is 38.6 Å². The average Bonchev–Trinajstić information content (AvgIpc) is 3.44. The highest BCUT2D eigenvalue weighted by Gasteiger charge is 2.38. The number of anilines is 1. The molecule has 1 atom stereocenters. The van der Waals surface area contributed by atoms with Gasteiger partial charge in [0.2, 0.25) is 5.91 Å². The first-order chi connectivity index (χ1) is 21.6. The van der Waals surface area contributed by atoms with E-state index >= 15 is 4.39 Å². The first kappa shape index (κ1) is 29.0. The summed E-state index contributed by atoms with van der Waals surface area (Å²) in [4.78, 5) is 39.6. The van der Waals surface area contributed by atoms with Crippen LogP contribution >= 0.6 is 11.6 Å². The van der Waals surface area contributed by atoms with Crippen molar-refractivity contribution in [1.82, 2.24) is 29.6 Å². The molecule has 0 aliphatic carbocycles. The Kier molecular flexibility index (Phi) is 6.88. The number of benzene rings is 2. The van der Waals surface area contributed by atoms with Gasteiger partial charge in [-0.2, -0.15) is 10.1 Å². The summed E-state index contributed by atoms with van der Waals surface area (Å²) in [5.41, 5.74) is 3.82. The first-order valence-corrected chi connectivity index (χ1v) is 15.2. The summed E-state index contributed by atoms with van der Waals surface area (Å²) in [6.07, 6.45) is 4.61. The minimum absolute atomic E-state index is 0.0456. The summed E-state index contributed by atoms with van der Waals surface area (Å²) in [5, 5.41) is 8.16. The van der Waals surface area contributed by atoms with Crippen LogP contribution in [-0.2, 0) is 4.79 Å². The van der Waals surface area contributed by atoms with Crippen molar-refractivity contribution in [3.63, 3.8) is 0 Å². The number of carbonyl (C=O) groups excluding carboxylic acids is 1. The number of amides is 1. The summed E-state index contributed by atoms with van der Waals surface area (Å²) in [7, 11) is 0. The molecule has 1 saturated heterocycles. The number of aromatic nitrogens is 5. The number of H-pyrrole nitrogens is 1. The van der Waals surface area contributed by atoms with E-state index < -0.39 is 17.5 Å². The van der Waals surface area contributed by atoms with Crippen molar-refractivity contribution in [2.75, 3.05) is 31.1 Å². The van der Waals surface area contributed by atoms with Gasteiger partial charge in [0.05, 0.1) is 45.1 Å². The lowest BCUT2D eigenvalue weighted by molar-refractivity contribution is -0.126. The molecule has 2 aromatic carbocycles. The van der Waals surface area contributed by atoms with Crippen molar-refractivity contribution in [1.29, 1.82) is 0 Å². The fourth-order valence-corrected chi connectivity index (χ4v) is 7.02. The molecule has 0 spiro atoms. The number of rotatable bonds is 4. The SMILES string of the molecule is C=CC(=O)N1CCN2c3nc(=O)n(-c4c(C)ccnc4C(C)C)c4c(Cl)c(-c5c(C)ccc6[nH]ncc56)c(F)c(c34)OCC2C1. The second kappa shape index (κ2) is 10.7. The number of hydrogen-bond acceptors (Lipinski definition) is 7. The van der Waals surface area contributed by atoms with E-state index in [0.717, 1.165) is 11.1 Å². The summed E-state index contributed by atoms with van der Waals surface area (Å²) < 4.78 is 24.9. The molecule has 3 aromatic heterocycles. The number of fused-ring (bicyclic) bond motifs is 3. The van der Waals surface area contributed by atoms with E-state index in [1.54, 1.807) is 17.3 Å². The van der Waals surface area contributed by atoms with Crippen molar-refractivity contribution in [2.24, 2.45) is 0 Å². The summed E-state index contributed by atoms with van der Waals surface area (Å²) in [5.74, 6) is -0.702. The van der Waals surface area contributed by atoms with Crippen LogP contribution in [0.1, 0.15) is 36.6 Å². The number of carbonyl (C=O) groups is 1. The topological polar surface area (TPSA) is 109 Å². The fraction of sp³-hybridized carbons (Fsp3) is 0.303. The number of ether oxygens (including phenoxy) is 1. The van der Waals surface area contributed by atoms with E-state index in [0.29, 0.717) is 52.9 Å². The molecule has 10 nitrogen and oxygen atoms in total. The van der Waals surface area contributed by atoms with E-state index in [1.165, 1.54) is 10.6 Å². The lowest BCUT2D eigenvalue weighted by atomic mass is 9.94. The molecule has 2 aliphatic rings. The highest BCUT2D eigenvalue weighted by Crippen LogP contribution is 2.49. The number of pyridine rings is 1. The molecule has 0 radical (unpaired) electrons. The van der Waals surface area contributed by atoms with Gasteiger partial charge in [-0.1, -0.05) is 38.1 Å². The minimum atomic E-state index is -0.664. The Bertz CT molecular complexity index is 2120. The largest absolute Gasteiger partial charge is 0.487 e. The smallest absolute Gasteiger partial charge is 0.354 e. The van der Waals surface area contributed by atoms with Crippen molar-refractivity contribution < 1.29 is 13.9 Å². The molecule has 12 heteroatoms. The van der Waals surface area contributed by atoms with Crippen LogP contribution in [0.5, 0.6) is 5.75 Å². The van der Waals surface area contributed by atoms with Gasteiger partial charge in [0.1, 0.15) is 12.4 Å². The molecular formula is C33H31ClFN7O3. The Balaban J connectivity index is 1.62. The van der Waals surface area contributed by atoms with Gasteiger partial charge in [-0.3, -0.25) is 19.4 Å². The van der Waals surface area contributed by atoms with E-state index in [1.807, 2.05) is 50.8 Å². The van der Waals surface area contributed by atoms with E-state index in [-0.39, 0.29) is 46.1 Å². The van der Waals surface area contributed by atoms with E-state index in [4.69, 9.17) is 16.3 Å². The van der Waals surface area contributed by atoms with E-state index in [9.17, 15) is 9.59 Å². The Labute approximate surface area is 263 Å². The third-order valence-electron chi connectivity index (χ3n) is 8.82. The third kappa shape index (κ3) is 4.32. The van der Waals surface area contributed by atoms with Crippen LogP contribution in [0.3, 0.4) is 0 Å². The quantitative estimate of drug-likeness (QED) is 0.264. The first-order valence-electron chi connectivity index (χ1n) is 14.8. The molecular weight excluding hydrogens is 597 g/mol. The van der Waals surface area contributed by atoms with Gasteiger partial charge in [0.25, 0.3) is 0 Å². The number of piperazine rings is 1. The van der Waals surface area contributed by atoms with Gasteiger partial charge < -0.3 is 14.5 Å². The van der Waals surface area contributed by atoms with Crippen LogP contribution in [-0.4, -0.2) is 67.8 Å². The van der Waals surface area contributed by atoms with Crippen LogP contribution in [0, 0.1) is 19.7 Å².